The van der Waals surface area contributed by atoms with Gasteiger partial charge in [-0.3, -0.25) is 4.79 Å². The number of carbonyl (C=O) groups is 1. The number of rotatable bonds is 3. The first kappa shape index (κ1) is 15.4. The van der Waals surface area contributed by atoms with E-state index >= 15 is 0 Å². The smallest absolute Gasteiger partial charge is 0.253 e. The van der Waals surface area contributed by atoms with Gasteiger partial charge < -0.3 is 10.3 Å². The largest absolute Gasteiger partial charge is 0.358 e. The Labute approximate surface area is 145 Å². The van der Waals surface area contributed by atoms with Crippen LogP contribution >= 0.6 is 11.3 Å². The third-order valence-electron chi connectivity index (χ3n) is 4.85. The maximum absolute atomic E-state index is 12.7. The summed E-state index contributed by atoms with van der Waals surface area (Å²) in [4.78, 5) is 21.9. The van der Waals surface area contributed by atoms with Crippen LogP contribution in [0.2, 0.25) is 0 Å². The van der Waals surface area contributed by atoms with Gasteiger partial charge in [-0.2, -0.15) is 0 Å². The fraction of sp³-hybridized carbons (Fsp3) is 0.368. The number of amides is 1. The van der Waals surface area contributed by atoms with Gasteiger partial charge in [0.15, 0.2) is 0 Å². The minimum absolute atomic E-state index is 0.0373. The summed E-state index contributed by atoms with van der Waals surface area (Å²) in [5.74, 6) is -0.0373. The van der Waals surface area contributed by atoms with E-state index in [4.69, 9.17) is 0 Å². The van der Waals surface area contributed by atoms with Crippen molar-refractivity contribution in [2.75, 3.05) is 0 Å². The van der Waals surface area contributed by atoms with Gasteiger partial charge in [-0.05, 0) is 51.2 Å². The molecule has 2 heterocycles. The molecule has 0 unspecified atom stereocenters. The van der Waals surface area contributed by atoms with E-state index < -0.39 is 0 Å². The monoisotopic (exact) mass is 339 g/mol. The van der Waals surface area contributed by atoms with Crippen molar-refractivity contribution in [1.29, 1.82) is 0 Å². The highest BCUT2D eigenvalue weighted by atomic mass is 32.1. The molecule has 3 aromatic rings. The number of benzene rings is 1. The van der Waals surface area contributed by atoms with Gasteiger partial charge in [0.1, 0.15) is 5.01 Å². The van der Waals surface area contributed by atoms with Crippen molar-refractivity contribution in [3.05, 3.63) is 50.6 Å². The second-order valence-corrected chi connectivity index (χ2v) is 7.74. The molecule has 24 heavy (non-hydrogen) atoms. The van der Waals surface area contributed by atoms with E-state index in [0.717, 1.165) is 34.6 Å². The van der Waals surface area contributed by atoms with Gasteiger partial charge in [-0.25, -0.2) is 4.98 Å². The number of hydrogen-bond donors (Lipinski definition) is 2. The fourth-order valence-corrected chi connectivity index (χ4v) is 4.36. The highest BCUT2D eigenvalue weighted by Gasteiger charge is 2.19. The predicted octanol–water partition coefficient (Wildman–Crippen LogP) is 4.05. The average molecular weight is 339 g/mol. The first-order chi connectivity index (χ1) is 11.6. The van der Waals surface area contributed by atoms with Crippen LogP contribution in [0.15, 0.2) is 18.2 Å². The highest BCUT2D eigenvalue weighted by Crippen LogP contribution is 2.30. The van der Waals surface area contributed by atoms with Crippen LogP contribution in [0.3, 0.4) is 0 Å². The van der Waals surface area contributed by atoms with Gasteiger partial charge in [0.2, 0.25) is 0 Å². The van der Waals surface area contributed by atoms with Gasteiger partial charge in [-0.1, -0.05) is 12.1 Å². The molecular weight excluding hydrogens is 318 g/mol. The number of aromatic nitrogens is 2. The van der Waals surface area contributed by atoms with E-state index in [1.54, 1.807) is 11.3 Å². The molecule has 1 amide bonds. The minimum Gasteiger partial charge on any atom is -0.358 e. The standard InChI is InChI=1S/C19H21N3OS/c1-11-12(2)24-17(21-11)10-20-19(23)15-8-5-7-14-13-6-3-4-9-16(13)22-18(14)15/h5,7-8,22H,3-4,6,9-10H2,1-2H3,(H,20,23). The number of aromatic amines is 1. The van der Waals surface area contributed by atoms with Crippen molar-refractivity contribution in [3.63, 3.8) is 0 Å². The molecule has 0 bridgehead atoms. The Kier molecular flexibility index (Phi) is 3.88. The first-order valence-electron chi connectivity index (χ1n) is 8.47. The summed E-state index contributed by atoms with van der Waals surface area (Å²) in [7, 11) is 0. The number of carbonyl (C=O) groups excluding carboxylic acids is 1. The number of hydrogen-bond acceptors (Lipinski definition) is 3. The minimum atomic E-state index is -0.0373. The fourth-order valence-electron chi connectivity index (χ4n) is 3.48. The lowest BCUT2D eigenvalue weighted by Gasteiger charge is -2.10. The Morgan fingerprint density at radius 2 is 2.12 bits per heavy atom. The molecule has 5 heteroatoms. The van der Waals surface area contributed by atoms with E-state index in [1.165, 1.54) is 34.4 Å². The second-order valence-electron chi connectivity index (χ2n) is 6.45. The lowest BCUT2D eigenvalue weighted by molar-refractivity contribution is 0.0952. The Morgan fingerprint density at radius 3 is 2.92 bits per heavy atom. The highest BCUT2D eigenvalue weighted by molar-refractivity contribution is 7.11. The van der Waals surface area contributed by atoms with Crippen LogP contribution in [0.25, 0.3) is 10.9 Å². The van der Waals surface area contributed by atoms with E-state index in [9.17, 15) is 4.79 Å². The van der Waals surface area contributed by atoms with Gasteiger partial charge in [0, 0.05) is 16.0 Å². The van der Waals surface area contributed by atoms with Crippen LogP contribution in [0.4, 0.5) is 0 Å². The molecule has 124 valence electrons. The van der Waals surface area contributed by atoms with Gasteiger partial charge in [0.25, 0.3) is 5.91 Å². The predicted molar refractivity (Wildman–Crippen MR) is 97.7 cm³/mol. The summed E-state index contributed by atoms with van der Waals surface area (Å²) in [6.45, 7) is 4.54. The average Bonchev–Trinajstić information content (AvgIpc) is 3.12. The van der Waals surface area contributed by atoms with Crippen molar-refractivity contribution in [3.8, 4) is 0 Å². The topological polar surface area (TPSA) is 57.8 Å². The Morgan fingerprint density at radius 1 is 1.29 bits per heavy atom. The molecule has 4 rings (SSSR count). The second kappa shape index (κ2) is 6.06. The number of H-pyrrole nitrogens is 1. The number of aryl methyl sites for hydroxylation is 4. The zero-order valence-electron chi connectivity index (χ0n) is 14.0. The van der Waals surface area contributed by atoms with Crippen LogP contribution in [0, 0.1) is 13.8 Å². The summed E-state index contributed by atoms with van der Waals surface area (Å²) in [5, 5.41) is 5.18. The van der Waals surface area contributed by atoms with Gasteiger partial charge in [-0.15, -0.1) is 11.3 Å². The lowest BCUT2D eigenvalue weighted by Crippen LogP contribution is -2.23. The number of nitrogens with zero attached hydrogens (tertiary/aromatic N) is 1. The molecule has 2 N–H and O–H groups in total. The SMILES string of the molecule is Cc1nc(CNC(=O)c2cccc3c4c([nH]c23)CCCC4)sc1C. The first-order valence-corrected chi connectivity index (χ1v) is 9.28. The molecular formula is C19H21N3OS. The zero-order valence-corrected chi connectivity index (χ0v) is 14.8. The van der Waals surface area contributed by atoms with Crippen molar-refractivity contribution < 1.29 is 4.79 Å². The van der Waals surface area contributed by atoms with Crippen LogP contribution < -0.4 is 5.32 Å². The third-order valence-corrected chi connectivity index (χ3v) is 5.92. The Balaban J connectivity index is 1.61. The molecule has 1 aromatic carbocycles. The van der Waals surface area contributed by atoms with E-state index in [0.29, 0.717) is 6.54 Å². The maximum Gasteiger partial charge on any atom is 0.253 e. The van der Waals surface area contributed by atoms with Crippen molar-refractivity contribution in [1.82, 2.24) is 15.3 Å². The molecule has 0 fully saturated rings. The molecule has 0 spiro atoms. The summed E-state index contributed by atoms with van der Waals surface area (Å²) in [5.41, 5.74) is 5.46. The molecule has 2 aromatic heterocycles. The van der Waals surface area contributed by atoms with Crippen molar-refractivity contribution >= 4 is 28.1 Å². The summed E-state index contributed by atoms with van der Waals surface area (Å²) in [6.07, 6.45) is 4.66. The van der Waals surface area contributed by atoms with Crippen molar-refractivity contribution in [2.24, 2.45) is 0 Å². The molecule has 4 nitrogen and oxygen atoms in total. The molecule has 0 aliphatic heterocycles. The maximum atomic E-state index is 12.7. The van der Waals surface area contributed by atoms with E-state index in [-0.39, 0.29) is 5.91 Å². The van der Waals surface area contributed by atoms with Crippen molar-refractivity contribution in [2.45, 2.75) is 46.1 Å². The van der Waals surface area contributed by atoms with Gasteiger partial charge >= 0.3 is 0 Å². The third kappa shape index (κ3) is 2.63. The number of thiazole rings is 1. The molecule has 0 atom stereocenters. The molecule has 0 saturated heterocycles. The molecule has 1 aliphatic rings. The Bertz CT molecular complexity index is 903. The van der Waals surface area contributed by atoms with Crippen LogP contribution in [-0.4, -0.2) is 15.9 Å². The van der Waals surface area contributed by atoms with Gasteiger partial charge in [0.05, 0.1) is 23.3 Å². The summed E-state index contributed by atoms with van der Waals surface area (Å²) >= 11 is 1.64. The Hall–Kier alpha value is -2.14. The number of nitrogens with one attached hydrogen (secondary N) is 2. The van der Waals surface area contributed by atoms with Crippen LogP contribution in [-0.2, 0) is 19.4 Å². The van der Waals surface area contributed by atoms with Crippen LogP contribution in [0.5, 0.6) is 0 Å². The molecule has 0 radical (unpaired) electrons. The van der Waals surface area contributed by atoms with E-state index in [2.05, 4.69) is 28.3 Å². The number of para-hydroxylation sites is 1. The summed E-state index contributed by atoms with van der Waals surface area (Å²) in [6, 6.07) is 6.01. The van der Waals surface area contributed by atoms with Crippen LogP contribution in [0.1, 0.15) is 50.0 Å². The lowest BCUT2D eigenvalue weighted by atomic mass is 9.95. The quantitative estimate of drug-likeness (QED) is 0.756. The number of fused-ring (bicyclic) bond motifs is 3. The zero-order chi connectivity index (χ0) is 16.7. The van der Waals surface area contributed by atoms with E-state index in [1.807, 2.05) is 19.1 Å². The molecule has 1 aliphatic carbocycles. The normalized spacial score (nSPS) is 13.9. The molecule has 0 saturated carbocycles. The summed E-state index contributed by atoms with van der Waals surface area (Å²) < 4.78 is 0.